The van der Waals surface area contributed by atoms with Crippen molar-refractivity contribution in [3.05, 3.63) is 29.8 Å². The molecule has 19 heavy (non-hydrogen) atoms. The number of hydrogen-bond donors (Lipinski definition) is 2. The highest BCUT2D eigenvalue weighted by Crippen LogP contribution is 2.38. The lowest BCUT2D eigenvalue weighted by atomic mass is 9.80. The molecule has 0 bridgehead atoms. The first-order valence-electron chi connectivity index (χ1n) is 6.20. The summed E-state index contributed by atoms with van der Waals surface area (Å²) in [5.74, 6) is -0.268. The number of aliphatic carboxylic acids is 1. The lowest BCUT2D eigenvalue weighted by Gasteiger charge is -2.25. The Balaban J connectivity index is 2.15. The Morgan fingerprint density at radius 2 is 2.37 bits per heavy atom. The number of hydrogen-bond acceptors (Lipinski definition) is 4. The van der Waals surface area contributed by atoms with Gasteiger partial charge in [-0.2, -0.15) is 0 Å². The van der Waals surface area contributed by atoms with Crippen LogP contribution in [0, 0.1) is 5.41 Å². The van der Waals surface area contributed by atoms with Crippen LogP contribution in [0.4, 0.5) is 0 Å². The normalized spacial score (nSPS) is 24.1. The van der Waals surface area contributed by atoms with E-state index in [4.69, 9.17) is 9.47 Å². The lowest BCUT2D eigenvalue weighted by molar-refractivity contribution is -0.151. The minimum Gasteiger partial charge on any atom is -0.497 e. The molecular formula is C14H18O5. The summed E-state index contributed by atoms with van der Waals surface area (Å²) in [5.41, 5.74) is -0.324. The molecule has 0 radical (unpaired) electrons. The van der Waals surface area contributed by atoms with Crippen molar-refractivity contribution in [3.8, 4) is 5.75 Å². The zero-order chi connectivity index (χ0) is 13.9. The molecular weight excluding hydrogens is 248 g/mol. The topological polar surface area (TPSA) is 76.0 Å². The van der Waals surface area contributed by atoms with E-state index in [9.17, 15) is 15.0 Å². The van der Waals surface area contributed by atoms with Crippen molar-refractivity contribution in [1.82, 2.24) is 0 Å². The second-order valence-electron chi connectivity index (χ2n) is 4.88. The predicted molar refractivity (Wildman–Crippen MR) is 68.1 cm³/mol. The maximum absolute atomic E-state index is 11.4. The molecule has 1 aliphatic rings. The fourth-order valence-corrected chi connectivity index (χ4v) is 2.36. The molecule has 5 nitrogen and oxygen atoms in total. The van der Waals surface area contributed by atoms with Gasteiger partial charge in [0.2, 0.25) is 0 Å². The molecule has 2 atom stereocenters. The van der Waals surface area contributed by atoms with Crippen LogP contribution in [0.5, 0.6) is 5.75 Å². The van der Waals surface area contributed by atoms with Crippen molar-refractivity contribution in [2.24, 2.45) is 5.41 Å². The average molecular weight is 266 g/mol. The minimum absolute atomic E-state index is 0.148. The summed E-state index contributed by atoms with van der Waals surface area (Å²) in [7, 11) is 1.55. The van der Waals surface area contributed by atoms with E-state index in [2.05, 4.69) is 0 Å². The fourth-order valence-electron chi connectivity index (χ4n) is 2.36. The summed E-state index contributed by atoms with van der Waals surface area (Å²) in [6, 6.07) is 7.03. The summed E-state index contributed by atoms with van der Waals surface area (Å²) >= 11 is 0. The molecule has 1 aliphatic heterocycles. The van der Waals surface area contributed by atoms with E-state index in [0.29, 0.717) is 24.3 Å². The Kier molecular flexibility index (Phi) is 4.07. The van der Waals surface area contributed by atoms with Crippen molar-refractivity contribution in [2.45, 2.75) is 18.9 Å². The summed E-state index contributed by atoms with van der Waals surface area (Å²) < 4.78 is 10.3. The lowest BCUT2D eigenvalue weighted by Crippen LogP contribution is -2.33. The molecule has 1 saturated heterocycles. The molecule has 2 N–H and O–H groups in total. The first-order valence-corrected chi connectivity index (χ1v) is 6.20. The number of carbonyl (C=O) groups is 1. The first kappa shape index (κ1) is 13.8. The molecule has 1 heterocycles. The fraction of sp³-hybridized carbons (Fsp3) is 0.500. The van der Waals surface area contributed by atoms with Crippen LogP contribution in [0.15, 0.2) is 24.3 Å². The zero-order valence-electron chi connectivity index (χ0n) is 10.8. The van der Waals surface area contributed by atoms with Gasteiger partial charge in [0.05, 0.1) is 25.2 Å². The maximum atomic E-state index is 11.4. The Bertz CT molecular complexity index is 451. The van der Waals surface area contributed by atoms with Gasteiger partial charge in [-0.05, 0) is 30.5 Å². The van der Waals surface area contributed by atoms with Gasteiger partial charge < -0.3 is 19.7 Å². The highest BCUT2D eigenvalue weighted by Gasteiger charge is 2.44. The Morgan fingerprint density at radius 3 is 2.95 bits per heavy atom. The molecule has 0 aromatic heterocycles. The summed E-state index contributed by atoms with van der Waals surface area (Å²) in [5, 5.41) is 19.6. The van der Waals surface area contributed by atoms with Crippen LogP contribution < -0.4 is 4.74 Å². The number of benzene rings is 1. The molecule has 1 aromatic carbocycles. The van der Waals surface area contributed by atoms with Crippen LogP contribution in [-0.4, -0.2) is 36.5 Å². The van der Waals surface area contributed by atoms with Crippen molar-refractivity contribution in [2.75, 3.05) is 20.3 Å². The van der Waals surface area contributed by atoms with E-state index in [1.54, 1.807) is 31.4 Å². The van der Waals surface area contributed by atoms with Gasteiger partial charge in [0, 0.05) is 6.61 Å². The van der Waals surface area contributed by atoms with Crippen LogP contribution in [0.3, 0.4) is 0 Å². The monoisotopic (exact) mass is 266 g/mol. The minimum atomic E-state index is -0.984. The van der Waals surface area contributed by atoms with Crippen molar-refractivity contribution < 1.29 is 24.5 Å². The van der Waals surface area contributed by atoms with Gasteiger partial charge in [0.1, 0.15) is 5.75 Å². The molecule has 104 valence electrons. The third kappa shape index (κ3) is 2.88. The summed E-state index contributed by atoms with van der Waals surface area (Å²) in [6.07, 6.45) is -0.258. The number of aliphatic hydroxyl groups excluding tert-OH is 1. The molecule has 0 spiro atoms. The van der Waals surface area contributed by atoms with Crippen molar-refractivity contribution >= 4 is 5.97 Å². The van der Waals surface area contributed by atoms with E-state index in [0.717, 1.165) is 0 Å². The summed E-state index contributed by atoms with van der Waals surface area (Å²) in [4.78, 5) is 11.4. The van der Waals surface area contributed by atoms with Gasteiger partial charge in [-0.25, -0.2) is 0 Å². The molecule has 1 aromatic rings. The highest BCUT2D eigenvalue weighted by molar-refractivity contribution is 5.75. The summed E-state index contributed by atoms with van der Waals surface area (Å²) in [6.45, 7) is 0.584. The third-order valence-electron chi connectivity index (χ3n) is 3.62. The van der Waals surface area contributed by atoms with Gasteiger partial charge in [0.15, 0.2) is 0 Å². The molecule has 5 heteroatoms. The van der Waals surface area contributed by atoms with Gasteiger partial charge in [0.25, 0.3) is 0 Å². The number of carboxylic acid groups (broad SMARTS) is 1. The largest absolute Gasteiger partial charge is 0.497 e. The third-order valence-corrected chi connectivity index (χ3v) is 3.62. The van der Waals surface area contributed by atoms with E-state index in [1.807, 2.05) is 0 Å². The van der Waals surface area contributed by atoms with Crippen LogP contribution in [0.25, 0.3) is 0 Å². The quantitative estimate of drug-likeness (QED) is 0.846. The molecule has 2 unspecified atom stereocenters. The van der Waals surface area contributed by atoms with Crippen LogP contribution in [0.2, 0.25) is 0 Å². The second-order valence-corrected chi connectivity index (χ2v) is 4.88. The van der Waals surface area contributed by atoms with Gasteiger partial charge in [-0.1, -0.05) is 12.1 Å². The molecule has 2 rings (SSSR count). The Labute approximate surface area is 111 Å². The molecule has 0 saturated carbocycles. The predicted octanol–water partition coefficient (Wildman–Crippen LogP) is 1.61. The van der Waals surface area contributed by atoms with Gasteiger partial charge in [-0.15, -0.1) is 0 Å². The van der Waals surface area contributed by atoms with Crippen LogP contribution >= 0.6 is 0 Å². The van der Waals surface area contributed by atoms with E-state index in [1.165, 1.54) is 0 Å². The molecule has 1 fully saturated rings. The van der Waals surface area contributed by atoms with E-state index >= 15 is 0 Å². The van der Waals surface area contributed by atoms with Crippen molar-refractivity contribution in [3.63, 3.8) is 0 Å². The Morgan fingerprint density at radius 1 is 1.58 bits per heavy atom. The molecule has 0 amide bonds. The highest BCUT2D eigenvalue weighted by atomic mass is 16.5. The standard InChI is InChI=1S/C14H18O5/c1-18-11-4-2-3-10(7-11)12(15)8-14(13(16)17)5-6-19-9-14/h2-4,7,12,15H,5-6,8-9H2,1H3,(H,16,17). The van der Waals surface area contributed by atoms with Crippen molar-refractivity contribution in [1.29, 1.82) is 0 Å². The average Bonchev–Trinajstić information content (AvgIpc) is 2.88. The Hall–Kier alpha value is -1.59. The number of ether oxygens (including phenoxy) is 2. The SMILES string of the molecule is COc1cccc(C(O)CC2(C(=O)O)CCOC2)c1. The van der Waals surface area contributed by atoms with E-state index < -0.39 is 17.5 Å². The second kappa shape index (κ2) is 5.59. The van der Waals surface area contributed by atoms with Gasteiger partial charge >= 0.3 is 5.97 Å². The number of rotatable bonds is 5. The maximum Gasteiger partial charge on any atom is 0.312 e. The number of aliphatic hydroxyl groups is 1. The van der Waals surface area contributed by atoms with Crippen LogP contribution in [-0.2, 0) is 9.53 Å². The van der Waals surface area contributed by atoms with Gasteiger partial charge in [-0.3, -0.25) is 4.79 Å². The zero-order valence-corrected chi connectivity index (χ0v) is 10.8. The molecule has 0 aliphatic carbocycles. The van der Waals surface area contributed by atoms with E-state index in [-0.39, 0.29) is 13.0 Å². The van der Waals surface area contributed by atoms with Crippen LogP contribution in [0.1, 0.15) is 24.5 Å². The number of carboxylic acids is 1. The smallest absolute Gasteiger partial charge is 0.312 e. The first-order chi connectivity index (χ1) is 9.07. The number of methoxy groups -OCH3 is 1.